The van der Waals surface area contributed by atoms with Gasteiger partial charge >= 0.3 is 0 Å². The molecule has 7 nitrogen and oxygen atoms in total. The van der Waals surface area contributed by atoms with Crippen molar-refractivity contribution in [1.82, 2.24) is 5.43 Å². The van der Waals surface area contributed by atoms with E-state index in [0.29, 0.717) is 10.0 Å². The van der Waals surface area contributed by atoms with Crippen molar-refractivity contribution >= 4 is 50.2 Å². The Morgan fingerprint density at radius 1 is 1.11 bits per heavy atom. The number of halogens is 1. The smallest absolute Gasteiger partial charge is 0.284 e. The second kappa shape index (κ2) is 8.41. The number of amides is 1. The van der Waals surface area contributed by atoms with Gasteiger partial charge in [0.05, 0.1) is 22.2 Å². The predicted octanol–water partition coefficient (Wildman–Crippen LogP) is 4.07. The Morgan fingerprint density at radius 3 is 2.67 bits per heavy atom. The Bertz CT molecular complexity index is 1040. The third kappa shape index (κ3) is 4.89. The monoisotopic (exact) mass is 426 g/mol. The molecule has 27 heavy (non-hydrogen) atoms. The van der Waals surface area contributed by atoms with Crippen LogP contribution in [0.1, 0.15) is 5.56 Å². The van der Waals surface area contributed by atoms with E-state index in [2.05, 4.69) is 31.8 Å². The van der Waals surface area contributed by atoms with Crippen LogP contribution in [0.5, 0.6) is 0 Å². The number of fused-ring (bicyclic) bond motifs is 1. The van der Waals surface area contributed by atoms with Crippen molar-refractivity contribution in [2.24, 2.45) is 5.10 Å². The van der Waals surface area contributed by atoms with Gasteiger partial charge in [0.25, 0.3) is 11.6 Å². The fourth-order valence-electron chi connectivity index (χ4n) is 2.45. The topological polar surface area (TPSA) is 96.6 Å². The number of anilines is 1. The first kappa shape index (κ1) is 18.5. The largest absolute Gasteiger partial charge is 0.376 e. The molecule has 0 saturated carbocycles. The molecule has 3 aromatic carbocycles. The Balaban J connectivity index is 1.55. The summed E-state index contributed by atoms with van der Waals surface area (Å²) in [7, 11) is 0. The van der Waals surface area contributed by atoms with Crippen molar-refractivity contribution in [2.45, 2.75) is 0 Å². The zero-order chi connectivity index (χ0) is 19.2. The van der Waals surface area contributed by atoms with E-state index in [-0.39, 0.29) is 18.1 Å². The summed E-state index contributed by atoms with van der Waals surface area (Å²) in [5.41, 5.74) is 3.66. The number of carbonyl (C=O) groups is 1. The lowest BCUT2D eigenvalue weighted by Crippen LogP contribution is -2.25. The molecule has 0 bridgehead atoms. The van der Waals surface area contributed by atoms with E-state index in [1.54, 1.807) is 12.1 Å². The lowest BCUT2D eigenvalue weighted by Gasteiger charge is -2.06. The number of nitrogens with zero attached hydrogens (tertiary/aromatic N) is 2. The number of nitro benzene ring substituents is 1. The summed E-state index contributed by atoms with van der Waals surface area (Å²) >= 11 is 3.12. The van der Waals surface area contributed by atoms with Crippen LogP contribution in [0, 0.1) is 10.1 Å². The molecule has 0 fully saturated rings. The molecule has 0 aliphatic rings. The molecule has 0 unspecified atom stereocenters. The molecule has 136 valence electrons. The molecule has 8 heteroatoms. The van der Waals surface area contributed by atoms with Crippen molar-refractivity contribution in [1.29, 1.82) is 0 Å². The molecule has 0 aliphatic carbocycles. The van der Waals surface area contributed by atoms with Crippen LogP contribution in [0.15, 0.2) is 70.2 Å². The highest BCUT2D eigenvalue weighted by Crippen LogP contribution is 2.25. The van der Waals surface area contributed by atoms with Crippen LogP contribution in [0.3, 0.4) is 0 Å². The van der Waals surface area contributed by atoms with E-state index in [1.807, 2.05) is 42.5 Å². The molecule has 0 spiro atoms. The van der Waals surface area contributed by atoms with Gasteiger partial charge in [-0.1, -0.05) is 36.4 Å². The molecule has 3 aromatic rings. The maximum Gasteiger partial charge on any atom is 0.284 e. The van der Waals surface area contributed by atoms with Gasteiger partial charge in [0, 0.05) is 17.3 Å². The van der Waals surface area contributed by atoms with E-state index in [9.17, 15) is 14.9 Å². The third-order valence-electron chi connectivity index (χ3n) is 3.77. The number of nitrogens with one attached hydrogen (secondary N) is 2. The second-order valence-corrected chi connectivity index (χ2v) is 6.53. The van der Waals surface area contributed by atoms with Crippen LogP contribution in [-0.4, -0.2) is 23.6 Å². The lowest BCUT2D eigenvalue weighted by atomic mass is 10.1. The van der Waals surface area contributed by atoms with Crippen molar-refractivity contribution in [3.63, 3.8) is 0 Å². The van der Waals surface area contributed by atoms with Crippen molar-refractivity contribution in [3.8, 4) is 0 Å². The highest BCUT2D eigenvalue weighted by Gasteiger charge is 2.11. The minimum Gasteiger partial charge on any atom is -0.376 e. The van der Waals surface area contributed by atoms with Gasteiger partial charge in [-0.3, -0.25) is 14.9 Å². The zero-order valence-corrected chi connectivity index (χ0v) is 15.6. The predicted molar refractivity (Wildman–Crippen MR) is 109 cm³/mol. The van der Waals surface area contributed by atoms with Gasteiger partial charge in [-0.15, -0.1) is 0 Å². The summed E-state index contributed by atoms with van der Waals surface area (Å²) < 4.78 is 0.383. The molecule has 0 atom stereocenters. The molecule has 2 N–H and O–H groups in total. The summed E-state index contributed by atoms with van der Waals surface area (Å²) in [4.78, 5) is 22.3. The summed E-state index contributed by atoms with van der Waals surface area (Å²) in [5.74, 6) is -0.328. The molecule has 3 rings (SSSR count). The SMILES string of the molecule is O=C(CNc1ccc2ccccc2c1)NN=Cc1ccc(Br)c([N+](=O)[O-])c1. The van der Waals surface area contributed by atoms with E-state index in [4.69, 9.17) is 0 Å². The molecular weight excluding hydrogens is 412 g/mol. The first-order chi connectivity index (χ1) is 13.0. The van der Waals surface area contributed by atoms with Crippen molar-refractivity contribution in [2.75, 3.05) is 11.9 Å². The van der Waals surface area contributed by atoms with Gasteiger partial charge < -0.3 is 5.32 Å². The van der Waals surface area contributed by atoms with Crippen LogP contribution < -0.4 is 10.7 Å². The van der Waals surface area contributed by atoms with Gasteiger partial charge in [0.15, 0.2) is 0 Å². The lowest BCUT2D eigenvalue weighted by molar-refractivity contribution is -0.385. The minimum absolute atomic E-state index is 0.0518. The number of hydrazone groups is 1. The maximum absolute atomic E-state index is 11.9. The standard InChI is InChI=1S/C19H15BrN4O3/c20-17-8-5-13(9-18(17)24(26)27)11-22-23-19(25)12-21-16-7-6-14-3-1-2-4-15(14)10-16/h1-11,21H,12H2,(H,23,25). The molecular formula is C19H15BrN4O3. The Morgan fingerprint density at radius 2 is 1.89 bits per heavy atom. The van der Waals surface area contributed by atoms with Crippen LogP contribution in [0.2, 0.25) is 0 Å². The summed E-state index contributed by atoms with van der Waals surface area (Å²) in [6.45, 7) is 0.0518. The van der Waals surface area contributed by atoms with E-state index < -0.39 is 4.92 Å². The van der Waals surface area contributed by atoms with Crippen LogP contribution in [-0.2, 0) is 4.79 Å². The number of rotatable bonds is 6. The number of benzene rings is 3. The Labute approximate surface area is 163 Å². The molecule has 0 heterocycles. The van der Waals surface area contributed by atoms with Crippen LogP contribution >= 0.6 is 15.9 Å². The number of carbonyl (C=O) groups excluding carboxylic acids is 1. The fourth-order valence-corrected chi connectivity index (χ4v) is 2.84. The van der Waals surface area contributed by atoms with Gasteiger partial charge in [-0.05, 0) is 44.9 Å². The first-order valence-electron chi connectivity index (χ1n) is 8.01. The average molecular weight is 427 g/mol. The quantitative estimate of drug-likeness (QED) is 0.352. The molecule has 0 aromatic heterocycles. The highest BCUT2D eigenvalue weighted by atomic mass is 79.9. The number of hydrogen-bond acceptors (Lipinski definition) is 5. The van der Waals surface area contributed by atoms with Gasteiger partial charge in [0.2, 0.25) is 0 Å². The molecule has 1 amide bonds. The van der Waals surface area contributed by atoms with Gasteiger partial charge in [-0.2, -0.15) is 5.10 Å². The zero-order valence-electron chi connectivity index (χ0n) is 14.1. The van der Waals surface area contributed by atoms with Crippen molar-refractivity contribution < 1.29 is 9.72 Å². The molecule has 0 aliphatic heterocycles. The minimum atomic E-state index is -0.493. The molecule has 0 radical (unpaired) electrons. The summed E-state index contributed by atoms with van der Waals surface area (Å²) in [6, 6.07) is 18.4. The van der Waals surface area contributed by atoms with Crippen LogP contribution in [0.25, 0.3) is 10.8 Å². The maximum atomic E-state index is 11.9. The van der Waals surface area contributed by atoms with Gasteiger partial charge in [0.1, 0.15) is 0 Å². The first-order valence-corrected chi connectivity index (χ1v) is 8.81. The number of nitro groups is 1. The van der Waals surface area contributed by atoms with Crippen molar-refractivity contribution in [3.05, 3.63) is 80.8 Å². The summed E-state index contributed by atoms with van der Waals surface area (Å²) in [5, 5.41) is 20.0. The Kier molecular flexibility index (Phi) is 5.77. The highest BCUT2D eigenvalue weighted by molar-refractivity contribution is 9.10. The normalized spacial score (nSPS) is 10.9. The second-order valence-electron chi connectivity index (χ2n) is 5.68. The number of hydrogen-bond donors (Lipinski definition) is 2. The fraction of sp³-hybridized carbons (Fsp3) is 0.0526. The summed E-state index contributed by atoms with van der Waals surface area (Å²) in [6.07, 6.45) is 1.35. The molecule has 0 saturated heterocycles. The average Bonchev–Trinajstić information content (AvgIpc) is 2.67. The van der Waals surface area contributed by atoms with Crippen LogP contribution in [0.4, 0.5) is 11.4 Å². The third-order valence-corrected chi connectivity index (χ3v) is 4.44. The van der Waals surface area contributed by atoms with E-state index in [0.717, 1.165) is 16.5 Å². The van der Waals surface area contributed by atoms with E-state index in [1.165, 1.54) is 12.3 Å². The van der Waals surface area contributed by atoms with E-state index >= 15 is 0 Å². The van der Waals surface area contributed by atoms with Gasteiger partial charge in [-0.25, -0.2) is 5.43 Å². The Hall–Kier alpha value is -3.26.